The summed E-state index contributed by atoms with van der Waals surface area (Å²) >= 11 is 0. The zero-order chi connectivity index (χ0) is 17.9. The van der Waals surface area contributed by atoms with Gasteiger partial charge in [0.15, 0.2) is 5.76 Å². The Kier molecular flexibility index (Phi) is 4.75. The maximum atomic E-state index is 6.09. The molecule has 0 saturated heterocycles. The van der Waals surface area contributed by atoms with Crippen molar-refractivity contribution in [2.75, 3.05) is 6.54 Å². The SMILES string of the molecule is CCCCc1ncc(O[NH+]2CCc3onc(-c4cccc(C)c4)c3C2)[nH]1. The second-order valence-electron chi connectivity index (χ2n) is 6.92. The zero-order valence-electron chi connectivity index (χ0n) is 15.3. The van der Waals surface area contributed by atoms with Gasteiger partial charge in [0.2, 0.25) is 0 Å². The highest BCUT2D eigenvalue weighted by molar-refractivity contribution is 5.64. The molecule has 2 N–H and O–H groups in total. The molecular formula is C20H25N4O2+. The van der Waals surface area contributed by atoms with E-state index in [2.05, 4.69) is 53.2 Å². The van der Waals surface area contributed by atoms with Crippen LogP contribution >= 0.6 is 0 Å². The topological polar surface area (TPSA) is 68.4 Å². The number of aromatic nitrogens is 3. The zero-order valence-corrected chi connectivity index (χ0v) is 15.3. The van der Waals surface area contributed by atoms with Gasteiger partial charge in [-0.05, 0) is 19.4 Å². The van der Waals surface area contributed by atoms with E-state index in [-0.39, 0.29) is 0 Å². The van der Waals surface area contributed by atoms with Crippen molar-refractivity contribution in [2.24, 2.45) is 0 Å². The highest BCUT2D eigenvalue weighted by Gasteiger charge is 2.29. The van der Waals surface area contributed by atoms with Gasteiger partial charge in [0.05, 0.1) is 18.2 Å². The third kappa shape index (κ3) is 3.51. The first-order chi connectivity index (χ1) is 12.7. The van der Waals surface area contributed by atoms with Crippen LogP contribution in [0.2, 0.25) is 0 Å². The number of fused-ring (bicyclic) bond motifs is 1. The Morgan fingerprint density at radius 1 is 1.35 bits per heavy atom. The lowest BCUT2D eigenvalue weighted by molar-refractivity contribution is -1.08. The Balaban J connectivity index is 1.49. The molecule has 0 aliphatic carbocycles. The first-order valence-electron chi connectivity index (χ1n) is 9.34. The quantitative estimate of drug-likeness (QED) is 0.715. The maximum absolute atomic E-state index is 6.09. The summed E-state index contributed by atoms with van der Waals surface area (Å²) in [5.41, 5.74) is 4.38. The van der Waals surface area contributed by atoms with Crippen molar-refractivity contribution in [1.82, 2.24) is 15.1 Å². The summed E-state index contributed by atoms with van der Waals surface area (Å²) in [5.74, 6) is 2.69. The molecule has 136 valence electrons. The molecule has 6 heteroatoms. The van der Waals surface area contributed by atoms with E-state index in [1.165, 1.54) is 5.56 Å². The van der Waals surface area contributed by atoms with Gasteiger partial charge in [-0.15, -0.1) is 5.06 Å². The maximum Gasteiger partial charge on any atom is 0.279 e. The molecule has 0 fully saturated rings. The molecule has 3 heterocycles. The number of rotatable bonds is 6. The Morgan fingerprint density at radius 3 is 3.12 bits per heavy atom. The van der Waals surface area contributed by atoms with E-state index in [0.717, 1.165) is 78.1 Å². The summed E-state index contributed by atoms with van der Waals surface area (Å²) in [5, 5.41) is 5.35. The van der Waals surface area contributed by atoms with Crippen LogP contribution in [0.15, 0.2) is 35.0 Å². The van der Waals surface area contributed by atoms with Crippen molar-refractivity contribution in [2.45, 2.75) is 46.1 Å². The lowest BCUT2D eigenvalue weighted by atomic mass is 10.0. The lowest BCUT2D eigenvalue weighted by Crippen LogP contribution is -3.13. The molecule has 0 saturated carbocycles. The summed E-state index contributed by atoms with van der Waals surface area (Å²) in [6.07, 6.45) is 5.85. The van der Waals surface area contributed by atoms with Gasteiger partial charge < -0.3 is 9.51 Å². The van der Waals surface area contributed by atoms with E-state index < -0.39 is 0 Å². The number of aromatic amines is 1. The molecule has 1 atom stereocenters. The van der Waals surface area contributed by atoms with Gasteiger partial charge in [0.1, 0.15) is 24.6 Å². The normalized spacial score (nSPS) is 16.5. The fraction of sp³-hybridized carbons (Fsp3) is 0.400. The second-order valence-corrected chi connectivity index (χ2v) is 6.92. The summed E-state index contributed by atoms with van der Waals surface area (Å²) in [6, 6.07) is 8.36. The summed E-state index contributed by atoms with van der Waals surface area (Å²) < 4.78 is 5.59. The van der Waals surface area contributed by atoms with Gasteiger partial charge >= 0.3 is 0 Å². The van der Waals surface area contributed by atoms with Crippen molar-refractivity contribution in [3.63, 3.8) is 0 Å². The van der Waals surface area contributed by atoms with Gasteiger partial charge in [0.25, 0.3) is 5.88 Å². The van der Waals surface area contributed by atoms with Crippen LogP contribution in [0, 0.1) is 6.92 Å². The molecule has 0 radical (unpaired) electrons. The number of quaternary nitrogens is 1. The van der Waals surface area contributed by atoms with Crippen LogP contribution < -0.4 is 9.90 Å². The average molecular weight is 353 g/mol. The minimum Gasteiger partial charge on any atom is -0.360 e. The minimum absolute atomic E-state index is 0.725. The molecule has 0 spiro atoms. The first kappa shape index (κ1) is 16.8. The number of imidazole rings is 1. The number of H-pyrrole nitrogens is 1. The number of nitrogens with zero attached hydrogens (tertiary/aromatic N) is 2. The predicted octanol–water partition coefficient (Wildman–Crippen LogP) is 2.65. The molecule has 26 heavy (non-hydrogen) atoms. The molecule has 1 unspecified atom stereocenters. The van der Waals surface area contributed by atoms with Gasteiger partial charge in [-0.1, -0.05) is 42.3 Å². The van der Waals surface area contributed by atoms with Crippen molar-refractivity contribution in [1.29, 1.82) is 0 Å². The molecule has 4 rings (SSSR count). The molecule has 0 bridgehead atoms. The van der Waals surface area contributed by atoms with Crippen molar-refractivity contribution in [3.8, 4) is 17.1 Å². The molecule has 2 aromatic heterocycles. The van der Waals surface area contributed by atoms with E-state index in [0.29, 0.717) is 0 Å². The van der Waals surface area contributed by atoms with Gasteiger partial charge in [-0.3, -0.25) is 4.84 Å². The van der Waals surface area contributed by atoms with E-state index in [1.807, 2.05) is 0 Å². The lowest BCUT2D eigenvalue weighted by Gasteiger charge is -2.20. The predicted molar refractivity (Wildman–Crippen MR) is 97.7 cm³/mol. The van der Waals surface area contributed by atoms with Crippen LogP contribution in [0.5, 0.6) is 5.88 Å². The van der Waals surface area contributed by atoms with E-state index >= 15 is 0 Å². The van der Waals surface area contributed by atoms with Gasteiger partial charge in [-0.2, -0.15) is 0 Å². The van der Waals surface area contributed by atoms with Crippen LogP contribution in [0.1, 0.15) is 42.5 Å². The number of benzene rings is 1. The molecule has 1 aromatic carbocycles. The second kappa shape index (κ2) is 7.33. The third-order valence-electron chi connectivity index (χ3n) is 4.79. The summed E-state index contributed by atoms with van der Waals surface area (Å²) in [7, 11) is 0. The fourth-order valence-electron chi connectivity index (χ4n) is 3.39. The van der Waals surface area contributed by atoms with Crippen LogP contribution in [0.4, 0.5) is 0 Å². The number of aryl methyl sites for hydroxylation is 2. The van der Waals surface area contributed by atoms with Crippen LogP contribution in [0.25, 0.3) is 11.3 Å². The van der Waals surface area contributed by atoms with Gasteiger partial charge in [-0.25, -0.2) is 4.98 Å². The number of hydrogen-bond donors (Lipinski definition) is 2. The Labute approximate surface area is 153 Å². The monoisotopic (exact) mass is 353 g/mol. The van der Waals surface area contributed by atoms with E-state index in [9.17, 15) is 0 Å². The Morgan fingerprint density at radius 2 is 2.27 bits per heavy atom. The molecule has 0 amide bonds. The van der Waals surface area contributed by atoms with E-state index in [1.54, 1.807) is 6.20 Å². The number of nitrogens with one attached hydrogen (secondary N) is 2. The molecule has 1 aliphatic rings. The van der Waals surface area contributed by atoms with Crippen molar-refractivity contribution in [3.05, 3.63) is 53.2 Å². The third-order valence-corrected chi connectivity index (χ3v) is 4.79. The van der Waals surface area contributed by atoms with Crippen molar-refractivity contribution >= 4 is 0 Å². The van der Waals surface area contributed by atoms with Crippen LogP contribution in [-0.4, -0.2) is 21.7 Å². The number of hydroxylamine groups is 2. The largest absolute Gasteiger partial charge is 0.360 e. The van der Waals surface area contributed by atoms with Crippen LogP contribution in [0.3, 0.4) is 0 Å². The first-order valence-corrected chi connectivity index (χ1v) is 9.34. The van der Waals surface area contributed by atoms with Crippen molar-refractivity contribution < 1.29 is 14.4 Å². The molecule has 3 aromatic rings. The standard InChI is InChI=1S/C20H24N4O2/c1-3-4-8-18-21-12-19(22-18)26-24-10-9-17-16(13-24)20(23-25-17)15-7-5-6-14(2)11-15/h5-7,11-12H,3-4,8-10,13H2,1-2H3,(H,21,22)/p+1. The van der Waals surface area contributed by atoms with Crippen LogP contribution in [-0.2, 0) is 19.4 Å². The van der Waals surface area contributed by atoms with Gasteiger partial charge in [0, 0.05) is 12.0 Å². The fourth-order valence-corrected chi connectivity index (χ4v) is 3.39. The highest BCUT2D eigenvalue weighted by atomic mass is 16.7. The Bertz CT molecular complexity index is 884. The summed E-state index contributed by atoms with van der Waals surface area (Å²) in [4.78, 5) is 13.8. The molecular weight excluding hydrogens is 328 g/mol. The molecule has 6 nitrogen and oxygen atoms in total. The number of hydrogen-bond acceptors (Lipinski definition) is 4. The molecule has 1 aliphatic heterocycles. The Hall–Kier alpha value is -2.60. The summed E-state index contributed by atoms with van der Waals surface area (Å²) in [6.45, 7) is 5.84. The van der Waals surface area contributed by atoms with E-state index in [4.69, 9.17) is 9.36 Å². The number of unbranched alkanes of at least 4 members (excludes halogenated alkanes) is 1. The smallest absolute Gasteiger partial charge is 0.279 e. The minimum atomic E-state index is 0.725. The highest BCUT2D eigenvalue weighted by Crippen LogP contribution is 2.27. The average Bonchev–Trinajstić information content (AvgIpc) is 3.26.